The zero-order chi connectivity index (χ0) is 23.9. The Kier molecular flexibility index (Phi) is 7.25. The minimum atomic E-state index is -5.69. The van der Waals surface area contributed by atoms with E-state index < -0.39 is 54.6 Å². The quantitative estimate of drug-likeness (QED) is 0.204. The highest BCUT2D eigenvalue weighted by Crippen LogP contribution is 2.66. The fourth-order valence-electron chi connectivity index (χ4n) is 2.94. The Morgan fingerprint density at radius 1 is 1.09 bits per heavy atom. The van der Waals surface area contributed by atoms with Crippen LogP contribution >= 0.6 is 23.5 Å². The Bertz CT molecular complexity index is 1120. The fourth-order valence-corrected chi connectivity index (χ4v) is 5.97. The summed E-state index contributed by atoms with van der Waals surface area (Å²) >= 11 is 0. The van der Waals surface area contributed by atoms with E-state index in [2.05, 4.69) is 28.4 Å². The summed E-state index contributed by atoms with van der Waals surface area (Å²) in [6, 6.07) is 1.63. The molecule has 0 bridgehead atoms. The second-order valence-corrected chi connectivity index (χ2v) is 10.8. The minimum Gasteiger partial charge on any atom is -0.387 e. The first kappa shape index (κ1) is 25.3. The van der Waals surface area contributed by atoms with Crippen LogP contribution in [0.1, 0.15) is 6.23 Å². The van der Waals surface area contributed by atoms with Gasteiger partial charge in [-0.3, -0.25) is 4.52 Å². The van der Waals surface area contributed by atoms with Gasteiger partial charge in [-0.15, -0.1) is 0 Å². The smallest absolute Gasteiger partial charge is 0.387 e. The van der Waals surface area contributed by atoms with Crippen molar-refractivity contribution in [3.05, 3.63) is 18.6 Å². The van der Waals surface area contributed by atoms with Gasteiger partial charge in [0.05, 0.1) is 12.0 Å². The van der Waals surface area contributed by atoms with Crippen molar-refractivity contribution in [2.75, 3.05) is 19.0 Å². The maximum atomic E-state index is 11.8. The fraction of sp³-hybridized carbons (Fsp3) is 0.500. The van der Waals surface area contributed by atoms with Gasteiger partial charge in [-0.05, 0) is 6.07 Å². The lowest BCUT2D eigenvalue weighted by atomic mass is 10.1. The van der Waals surface area contributed by atoms with Crippen molar-refractivity contribution >= 4 is 40.3 Å². The molecule has 0 amide bonds. The van der Waals surface area contributed by atoms with Crippen LogP contribution in [0.4, 0.5) is 5.82 Å². The molecule has 17 nitrogen and oxygen atoms in total. The molecule has 2 aromatic heterocycles. The first-order valence-electron chi connectivity index (χ1n) is 8.52. The molecule has 20 heteroatoms. The van der Waals surface area contributed by atoms with Gasteiger partial charge >= 0.3 is 23.5 Å². The summed E-state index contributed by atoms with van der Waals surface area (Å²) in [4.78, 5) is 43.8. The first-order chi connectivity index (χ1) is 14.7. The zero-order valence-corrected chi connectivity index (χ0v) is 18.7. The second-order valence-electron chi connectivity index (χ2n) is 6.37. The average molecular weight is 520 g/mol. The molecule has 1 fully saturated rings. The summed E-state index contributed by atoms with van der Waals surface area (Å²) < 4.78 is 52.4. The average Bonchev–Trinajstić information content (AvgIpc) is 3.19. The molecule has 0 saturated carbocycles. The predicted molar refractivity (Wildman–Crippen MR) is 103 cm³/mol. The standard InChI is InChI=1S/C12H19N4O13P3/c1-13-10-6-2-3-16(11(6)15-5-14-10)12-9(18)8(17)7(27-12)4-26-31(22,23)29-32(24,25)28-30(19,20)21/h2-3,5,7-9,12,17-18H,4H2,1H3,(H,22,23)(H,24,25)(H,13,14,15)(H2,19,20,21). The number of phosphoric acid groups is 3. The molecule has 3 rings (SSSR count). The molecule has 7 N–H and O–H groups in total. The molecule has 1 aliphatic rings. The number of rotatable bonds is 9. The SMILES string of the molecule is CNc1ncnc2c1ccn2C1OC(COP(=O)(O)OP(=O)(O)OP(=O)(O)O)C(O)C1O. The number of anilines is 1. The number of hydrogen-bond donors (Lipinski definition) is 7. The van der Waals surface area contributed by atoms with E-state index in [9.17, 15) is 28.8 Å². The number of hydrogen-bond acceptors (Lipinski definition) is 12. The number of ether oxygens (including phenoxy) is 1. The number of fused-ring (bicyclic) bond motifs is 1. The van der Waals surface area contributed by atoms with Gasteiger partial charge in [-0.25, -0.2) is 23.7 Å². The topological polar surface area (TPSA) is 252 Å². The van der Waals surface area contributed by atoms with Gasteiger partial charge in [0, 0.05) is 13.2 Å². The van der Waals surface area contributed by atoms with E-state index in [1.807, 2.05) is 0 Å². The minimum absolute atomic E-state index is 0.342. The number of nitrogens with one attached hydrogen (secondary N) is 1. The third-order valence-electron chi connectivity index (χ3n) is 4.18. The van der Waals surface area contributed by atoms with Crippen molar-refractivity contribution in [2.45, 2.75) is 24.5 Å². The van der Waals surface area contributed by atoms with Crippen LogP contribution in [-0.2, 0) is 31.6 Å². The van der Waals surface area contributed by atoms with Gasteiger partial charge in [-0.2, -0.15) is 8.62 Å². The second kappa shape index (κ2) is 9.16. The largest absolute Gasteiger partial charge is 0.490 e. The maximum absolute atomic E-state index is 11.8. The molecule has 32 heavy (non-hydrogen) atoms. The monoisotopic (exact) mass is 520 g/mol. The highest BCUT2D eigenvalue weighted by molar-refractivity contribution is 7.66. The summed E-state index contributed by atoms with van der Waals surface area (Å²) in [5, 5.41) is 24.0. The van der Waals surface area contributed by atoms with Crippen molar-refractivity contribution in [3.63, 3.8) is 0 Å². The van der Waals surface area contributed by atoms with Crippen LogP contribution in [0.2, 0.25) is 0 Å². The van der Waals surface area contributed by atoms with E-state index in [-0.39, 0.29) is 0 Å². The molecule has 0 spiro atoms. The van der Waals surface area contributed by atoms with Gasteiger partial charge in [0.25, 0.3) is 0 Å². The molecule has 3 heterocycles. The van der Waals surface area contributed by atoms with Crippen LogP contribution < -0.4 is 5.32 Å². The molecule has 6 atom stereocenters. The summed E-state index contributed by atoms with van der Waals surface area (Å²) in [6.45, 7) is -0.922. The number of aliphatic hydroxyl groups is 2. The van der Waals surface area contributed by atoms with Crippen molar-refractivity contribution in [1.82, 2.24) is 14.5 Å². The molecule has 6 unspecified atom stereocenters. The molecule has 180 valence electrons. The third kappa shape index (κ3) is 5.79. The highest BCUT2D eigenvalue weighted by Gasteiger charge is 2.46. The van der Waals surface area contributed by atoms with Gasteiger partial charge in [0.15, 0.2) is 6.23 Å². The van der Waals surface area contributed by atoms with Crippen molar-refractivity contribution in [3.8, 4) is 0 Å². The van der Waals surface area contributed by atoms with Crippen LogP contribution in [-0.4, -0.2) is 76.3 Å². The van der Waals surface area contributed by atoms with Crippen LogP contribution in [0.15, 0.2) is 18.6 Å². The lowest BCUT2D eigenvalue weighted by Crippen LogP contribution is -2.33. The van der Waals surface area contributed by atoms with Gasteiger partial charge in [-0.1, -0.05) is 0 Å². The van der Waals surface area contributed by atoms with Gasteiger partial charge in [0.1, 0.15) is 36.1 Å². The maximum Gasteiger partial charge on any atom is 0.490 e. The van der Waals surface area contributed by atoms with E-state index in [4.69, 9.17) is 19.4 Å². The highest BCUT2D eigenvalue weighted by atomic mass is 31.3. The van der Waals surface area contributed by atoms with Gasteiger partial charge < -0.3 is 44.4 Å². The lowest BCUT2D eigenvalue weighted by molar-refractivity contribution is -0.0500. The van der Waals surface area contributed by atoms with E-state index in [0.29, 0.717) is 16.9 Å². The summed E-state index contributed by atoms with van der Waals surface area (Å²) in [7, 11) is -15.0. The van der Waals surface area contributed by atoms with Crippen molar-refractivity contribution in [2.24, 2.45) is 0 Å². The van der Waals surface area contributed by atoms with E-state index in [1.54, 1.807) is 13.1 Å². The summed E-state index contributed by atoms with van der Waals surface area (Å²) in [5.74, 6) is 0.492. The Hall–Kier alpha value is -1.29. The van der Waals surface area contributed by atoms with E-state index in [1.165, 1.54) is 17.1 Å². The Morgan fingerprint density at radius 3 is 2.41 bits per heavy atom. The molecule has 0 aromatic carbocycles. The van der Waals surface area contributed by atoms with Crippen molar-refractivity contribution in [1.29, 1.82) is 0 Å². The normalized spacial score (nSPS) is 27.8. The number of aliphatic hydroxyl groups excluding tert-OH is 2. The first-order valence-corrected chi connectivity index (χ1v) is 13.0. The number of phosphoric ester groups is 1. The lowest BCUT2D eigenvalue weighted by Gasteiger charge is -2.19. The predicted octanol–water partition coefficient (Wildman–Crippen LogP) is -0.565. The van der Waals surface area contributed by atoms with Crippen LogP contribution in [0, 0.1) is 0 Å². The summed E-state index contributed by atoms with van der Waals surface area (Å²) in [6.07, 6.45) is -3.01. The molecule has 1 aliphatic heterocycles. The van der Waals surface area contributed by atoms with Crippen LogP contribution in [0.3, 0.4) is 0 Å². The van der Waals surface area contributed by atoms with Crippen LogP contribution in [0.5, 0.6) is 0 Å². The van der Waals surface area contributed by atoms with E-state index >= 15 is 0 Å². The molecular weight excluding hydrogens is 501 g/mol. The Morgan fingerprint density at radius 2 is 1.78 bits per heavy atom. The van der Waals surface area contributed by atoms with Gasteiger partial charge in [0.2, 0.25) is 0 Å². The summed E-state index contributed by atoms with van der Waals surface area (Å²) in [5.41, 5.74) is 0.342. The molecular formula is C12H19N4O13P3. The zero-order valence-electron chi connectivity index (χ0n) is 16.0. The van der Waals surface area contributed by atoms with E-state index in [0.717, 1.165) is 0 Å². The number of nitrogens with zero attached hydrogens (tertiary/aromatic N) is 3. The Labute approximate surface area is 179 Å². The third-order valence-corrected chi connectivity index (χ3v) is 7.98. The molecule has 0 radical (unpaired) electrons. The van der Waals surface area contributed by atoms with Crippen molar-refractivity contribution < 1.29 is 61.4 Å². The molecule has 2 aromatic rings. The molecule has 0 aliphatic carbocycles. The number of aromatic nitrogens is 3. The molecule has 1 saturated heterocycles. The Balaban J connectivity index is 1.70. The van der Waals surface area contributed by atoms with Crippen LogP contribution in [0.25, 0.3) is 11.0 Å².